The van der Waals surface area contributed by atoms with Crippen LogP contribution in [0.5, 0.6) is 0 Å². The number of aromatic nitrogens is 1. The number of hydrogen-bond donors (Lipinski definition) is 0. The molecule has 5 rings (SSSR count). The van der Waals surface area contributed by atoms with Gasteiger partial charge in [-0.1, -0.05) is 35.9 Å². The van der Waals surface area contributed by atoms with E-state index in [0.717, 1.165) is 39.0 Å². The summed E-state index contributed by atoms with van der Waals surface area (Å²) in [5.41, 5.74) is 4.82. The molecule has 0 radical (unpaired) electrons. The summed E-state index contributed by atoms with van der Waals surface area (Å²) in [7, 11) is 0. The summed E-state index contributed by atoms with van der Waals surface area (Å²) in [6, 6.07) is 16.1. The molecule has 0 aliphatic heterocycles. The number of fused-ring (bicyclic) bond motifs is 2. The topological polar surface area (TPSA) is 25.2 Å². The largest absolute Gasteiger partial charge is 0.245 e. The maximum absolute atomic E-state index is 5.97. The van der Waals surface area contributed by atoms with Crippen LogP contribution in [-0.2, 0) is 12.8 Å². The Labute approximate surface area is 164 Å². The number of halogens is 1. The van der Waals surface area contributed by atoms with Gasteiger partial charge in [0.15, 0.2) is 0 Å². The van der Waals surface area contributed by atoms with E-state index in [1.54, 1.807) is 11.3 Å². The van der Waals surface area contributed by atoms with Gasteiger partial charge >= 0.3 is 0 Å². The van der Waals surface area contributed by atoms with E-state index >= 15 is 0 Å². The van der Waals surface area contributed by atoms with Gasteiger partial charge in [-0.2, -0.15) is 0 Å². The third kappa shape index (κ3) is 2.88. The number of rotatable bonds is 3. The van der Waals surface area contributed by atoms with E-state index in [0.29, 0.717) is 0 Å². The summed E-state index contributed by atoms with van der Waals surface area (Å²) in [4.78, 5) is 11.2. The molecule has 0 saturated carbocycles. The first-order chi connectivity index (χ1) is 12.8. The summed E-state index contributed by atoms with van der Waals surface area (Å²) in [5, 5.41) is 2.91. The van der Waals surface area contributed by atoms with E-state index in [1.165, 1.54) is 27.1 Å². The first kappa shape index (κ1) is 16.2. The number of aryl methyl sites for hydroxylation is 1. The van der Waals surface area contributed by atoms with Gasteiger partial charge in [0.25, 0.3) is 0 Å². The zero-order valence-corrected chi connectivity index (χ0v) is 16.3. The van der Waals surface area contributed by atoms with Crippen LogP contribution in [0.1, 0.15) is 22.4 Å². The molecule has 2 heterocycles. The van der Waals surface area contributed by atoms with Gasteiger partial charge in [0, 0.05) is 16.1 Å². The molecule has 26 heavy (non-hydrogen) atoms. The normalized spacial score (nSPS) is 13.7. The molecule has 0 bridgehead atoms. The molecule has 0 fully saturated rings. The maximum atomic E-state index is 5.97. The highest BCUT2D eigenvalue weighted by molar-refractivity contribution is 7.22. The Morgan fingerprint density at radius 1 is 1.00 bits per heavy atom. The third-order valence-corrected chi connectivity index (χ3v) is 7.12. The number of thiophene rings is 1. The van der Waals surface area contributed by atoms with Crippen molar-refractivity contribution in [1.82, 2.24) is 4.98 Å². The van der Waals surface area contributed by atoms with Gasteiger partial charge in [-0.25, -0.2) is 9.98 Å². The highest BCUT2D eigenvalue weighted by atomic mass is 35.5. The van der Waals surface area contributed by atoms with Crippen LogP contribution in [0, 0.1) is 0 Å². The van der Waals surface area contributed by atoms with E-state index in [1.807, 2.05) is 47.9 Å². The molecule has 5 heteroatoms. The predicted molar refractivity (Wildman–Crippen MR) is 114 cm³/mol. The van der Waals surface area contributed by atoms with Crippen molar-refractivity contribution in [2.24, 2.45) is 4.99 Å². The van der Waals surface area contributed by atoms with Crippen LogP contribution in [0.15, 0.2) is 53.5 Å². The van der Waals surface area contributed by atoms with Crippen molar-refractivity contribution in [3.8, 4) is 10.6 Å². The van der Waals surface area contributed by atoms with Gasteiger partial charge in [-0.3, -0.25) is 0 Å². The standard InChI is InChI=1S/C21H15ClN2S2/c22-14-10-8-13(9-11-14)12-23-20-19(15-4-3-7-17(15)25-20)21-24-16-5-1-2-6-18(16)26-21/h1-2,5-6,8-12H,3-4,7H2. The molecule has 2 nitrogen and oxygen atoms in total. The van der Waals surface area contributed by atoms with Crippen LogP contribution in [0.4, 0.5) is 5.00 Å². The van der Waals surface area contributed by atoms with Crippen LogP contribution in [-0.4, -0.2) is 11.2 Å². The summed E-state index contributed by atoms with van der Waals surface area (Å²) in [6.07, 6.45) is 5.45. The Morgan fingerprint density at radius 2 is 1.85 bits per heavy atom. The van der Waals surface area contributed by atoms with E-state index in [2.05, 4.69) is 18.2 Å². The first-order valence-electron chi connectivity index (χ1n) is 8.58. The lowest BCUT2D eigenvalue weighted by Crippen LogP contribution is -1.83. The molecule has 2 aromatic carbocycles. The Kier molecular flexibility index (Phi) is 4.12. The fraction of sp³-hybridized carbons (Fsp3) is 0.143. The van der Waals surface area contributed by atoms with E-state index < -0.39 is 0 Å². The summed E-state index contributed by atoms with van der Waals surface area (Å²) < 4.78 is 1.23. The minimum Gasteiger partial charge on any atom is -0.245 e. The molecule has 0 N–H and O–H groups in total. The molecule has 128 valence electrons. The molecule has 0 amide bonds. The van der Waals surface area contributed by atoms with Crippen LogP contribution >= 0.6 is 34.3 Å². The number of nitrogens with zero attached hydrogens (tertiary/aromatic N) is 2. The molecule has 0 atom stereocenters. The van der Waals surface area contributed by atoms with Gasteiger partial charge in [-0.15, -0.1) is 22.7 Å². The smallest absolute Gasteiger partial charge is 0.127 e. The molecular weight excluding hydrogens is 380 g/mol. The van der Waals surface area contributed by atoms with Gasteiger partial charge in [0.1, 0.15) is 10.0 Å². The highest BCUT2D eigenvalue weighted by Crippen LogP contribution is 2.48. The number of aliphatic imine (C=N–C) groups is 1. The van der Waals surface area contributed by atoms with Gasteiger partial charge in [-0.05, 0) is 54.7 Å². The average Bonchev–Trinajstić information content (AvgIpc) is 3.34. The summed E-state index contributed by atoms with van der Waals surface area (Å²) in [6.45, 7) is 0. The highest BCUT2D eigenvalue weighted by Gasteiger charge is 2.25. The summed E-state index contributed by atoms with van der Waals surface area (Å²) >= 11 is 9.56. The van der Waals surface area contributed by atoms with Crippen molar-refractivity contribution < 1.29 is 0 Å². The van der Waals surface area contributed by atoms with E-state index in [4.69, 9.17) is 21.6 Å². The van der Waals surface area contributed by atoms with Gasteiger partial charge < -0.3 is 0 Å². The Morgan fingerprint density at radius 3 is 2.69 bits per heavy atom. The predicted octanol–water partition coefficient (Wildman–Crippen LogP) is 6.92. The van der Waals surface area contributed by atoms with Crippen molar-refractivity contribution in [3.63, 3.8) is 0 Å². The second kappa shape index (κ2) is 6.62. The lowest BCUT2D eigenvalue weighted by Gasteiger charge is -1.99. The molecule has 0 spiro atoms. The fourth-order valence-electron chi connectivity index (χ4n) is 3.36. The monoisotopic (exact) mass is 394 g/mol. The third-order valence-electron chi connectivity index (χ3n) is 4.61. The number of benzene rings is 2. The zero-order valence-electron chi connectivity index (χ0n) is 13.9. The van der Waals surface area contributed by atoms with Crippen molar-refractivity contribution >= 4 is 55.7 Å². The SMILES string of the molecule is Clc1ccc(C=Nc2sc3c(c2-c2nc4ccccc4s2)CCC3)cc1. The Bertz CT molecular complexity index is 1090. The Balaban J connectivity index is 1.61. The van der Waals surface area contributed by atoms with Crippen LogP contribution in [0.2, 0.25) is 5.02 Å². The van der Waals surface area contributed by atoms with Crippen LogP contribution in [0.25, 0.3) is 20.8 Å². The van der Waals surface area contributed by atoms with Gasteiger partial charge in [0.05, 0.1) is 15.8 Å². The number of hydrogen-bond acceptors (Lipinski definition) is 4. The summed E-state index contributed by atoms with van der Waals surface area (Å²) in [5.74, 6) is 0. The van der Waals surface area contributed by atoms with Crippen LogP contribution in [0.3, 0.4) is 0 Å². The molecule has 1 aliphatic rings. The first-order valence-corrected chi connectivity index (χ1v) is 10.6. The van der Waals surface area contributed by atoms with Crippen molar-refractivity contribution in [1.29, 1.82) is 0 Å². The minimum absolute atomic E-state index is 0.743. The van der Waals surface area contributed by atoms with Crippen LogP contribution < -0.4 is 0 Å². The van der Waals surface area contributed by atoms with Crippen molar-refractivity contribution in [3.05, 3.63) is 69.6 Å². The van der Waals surface area contributed by atoms with Gasteiger partial charge in [0.2, 0.25) is 0 Å². The molecular formula is C21H15ClN2S2. The van der Waals surface area contributed by atoms with E-state index in [-0.39, 0.29) is 0 Å². The minimum atomic E-state index is 0.743. The quantitative estimate of drug-likeness (QED) is 0.346. The molecule has 0 saturated heterocycles. The average molecular weight is 395 g/mol. The number of para-hydroxylation sites is 1. The van der Waals surface area contributed by atoms with E-state index in [9.17, 15) is 0 Å². The molecule has 2 aromatic heterocycles. The number of thiazole rings is 1. The fourth-order valence-corrected chi connectivity index (χ4v) is 5.83. The molecule has 0 unspecified atom stereocenters. The second-order valence-corrected chi connectivity index (χ2v) is 8.88. The van der Waals surface area contributed by atoms with Crippen molar-refractivity contribution in [2.45, 2.75) is 19.3 Å². The Hall–Kier alpha value is -2.01. The second-order valence-electron chi connectivity index (χ2n) is 6.33. The molecule has 4 aromatic rings. The molecule has 1 aliphatic carbocycles. The lowest BCUT2D eigenvalue weighted by molar-refractivity contribution is 0.915. The van der Waals surface area contributed by atoms with Crippen molar-refractivity contribution in [2.75, 3.05) is 0 Å². The maximum Gasteiger partial charge on any atom is 0.127 e. The zero-order chi connectivity index (χ0) is 17.5. The lowest BCUT2D eigenvalue weighted by atomic mass is 10.1.